The Morgan fingerprint density at radius 3 is 2.96 bits per heavy atom. The van der Waals surface area contributed by atoms with Crippen LogP contribution in [0.1, 0.15) is 45.6 Å². The van der Waals surface area contributed by atoms with E-state index in [-0.39, 0.29) is 5.91 Å². The molecular weight excluding hydrogens is 360 g/mol. The second-order valence-corrected chi connectivity index (χ2v) is 8.76. The van der Waals surface area contributed by atoms with Gasteiger partial charge in [0.25, 0.3) is 5.91 Å². The fraction of sp³-hybridized carbons (Fsp3) is 0.333. The predicted molar refractivity (Wildman–Crippen MR) is 109 cm³/mol. The first kappa shape index (κ1) is 17.4. The number of nitrogens with one attached hydrogen (secondary N) is 1. The van der Waals surface area contributed by atoms with Gasteiger partial charge in [0, 0.05) is 15.8 Å². The molecule has 134 valence electrons. The largest absolute Gasteiger partial charge is 0.346 e. The van der Waals surface area contributed by atoms with Gasteiger partial charge in [0.2, 0.25) is 0 Å². The maximum atomic E-state index is 12.5. The van der Waals surface area contributed by atoms with E-state index < -0.39 is 0 Å². The summed E-state index contributed by atoms with van der Waals surface area (Å²) in [7, 11) is 0. The van der Waals surface area contributed by atoms with Crippen LogP contribution in [-0.4, -0.2) is 10.9 Å². The third kappa shape index (κ3) is 3.74. The van der Waals surface area contributed by atoms with Crippen LogP contribution in [0.3, 0.4) is 0 Å². The molecule has 0 aliphatic heterocycles. The molecule has 0 radical (unpaired) electrons. The standard InChI is InChI=1S/C21H22N2OS2/c1-2-14-8-9-18-16(10-14)11-19(26-18)20(24)22-12-17-13-25-21(23-17)15-6-4-3-5-7-15/h3-7,11,13-14H,2,8-10,12H2,1H3,(H,22,24)/t14-/m1/s1. The van der Waals surface area contributed by atoms with E-state index >= 15 is 0 Å². The zero-order valence-corrected chi connectivity index (χ0v) is 16.5. The monoisotopic (exact) mass is 382 g/mol. The van der Waals surface area contributed by atoms with Crippen molar-refractivity contribution in [2.24, 2.45) is 5.92 Å². The van der Waals surface area contributed by atoms with Crippen molar-refractivity contribution < 1.29 is 4.79 Å². The SMILES string of the molecule is CC[C@@H]1CCc2sc(C(=O)NCc3csc(-c4ccccc4)n3)cc2C1. The fourth-order valence-electron chi connectivity index (χ4n) is 3.42. The lowest BCUT2D eigenvalue weighted by Crippen LogP contribution is -2.21. The fourth-order valence-corrected chi connectivity index (χ4v) is 5.37. The lowest BCUT2D eigenvalue weighted by Gasteiger charge is -2.19. The second kappa shape index (κ2) is 7.72. The van der Waals surface area contributed by atoms with Gasteiger partial charge in [-0.2, -0.15) is 0 Å². The Balaban J connectivity index is 1.39. The van der Waals surface area contributed by atoms with E-state index in [1.165, 1.54) is 23.3 Å². The summed E-state index contributed by atoms with van der Waals surface area (Å²) in [4.78, 5) is 19.4. The summed E-state index contributed by atoms with van der Waals surface area (Å²) in [6, 6.07) is 12.2. The molecule has 0 spiro atoms. The van der Waals surface area contributed by atoms with Crippen LogP contribution in [0.5, 0.6) is 0 Å². The molecule has 0 fully saturated rings. The third-order valence-electron chi connectivity index (χ3n) is 4.99. The van der Waals surface area contributed by atoms with Gasteiger partial charge < -0.3 is 5.32 Å². The number of aromatic nitrogens is 1. The van der Waals surface area contributed by atoms with Gasteiger partial charge in [0.1, 0.15) is 5.01 Å². The molecule has 26 heavy (non-hydrogen) atoms. The van der Waals surface area contributed by atoms with E-state index in [2.05, 4.69) is 35.4 Å². The summed E-state index contributed by atoms with van der Waals surface area (Å²) in [6.07, 6.45) is 4.73. The van der Waals surface area contributed by atoms with Gasteiger partial charge in [-0.3, -0.25) is 4.79 Å². The van der Waals surface area contributed by atoms with Crippen LogP contribution in [0, 0.1) is 5.92 Å². The normalized spacial score (nSPS) is 16.3. The minimum atomic E-state index is 0.0201. The highest BCUT2D eigenvalue weighted by Gasteiger charge is 2.22. The number of carbonyl (C=O) groups excluding carboxylic acids is 1. The first-order valence-corrected chi connectivity index (χ1v) is 10.8. The van der Waals surface area contributed by atoms with E-state index in [1.54, 1.807) is 22.7 Å². The minimum Gasteiger partial charge on any atom is -0.346 e. The number of thiazole rings is 1. The average molecular weight is 383 g/mol. The second-order valence-electron chi connectivity index (χ2n) is 6.77. The maximum Gasteiger partial charge on any atom is 0.261 e. The highest BCUT2D eigenvalue weighted by atomic mass is 32.1. The van der Waals surface area contributed by atoms with Crippen LogP contribution in [0.15, 0.2) is 41.8 Å². The number of hydrogen-bond donors (Lipinski definition) is 1. The van der Waals surface area contributed by atoms with Gasteiger partial charge >= 0.3 is 0 Å². The van der Waals surface area contributed by atoms with Crippen molar-refractivity contribution in [3.63, 3.8) is 0 Å². The van der Waals surface area contributed by atoms with Crippen LogP contribution >= 0.6 is 22.7 Å². The molecule has 5 heteroatoms. The molecule has 0 bridgehead atoms. The van der Waals surface area contributed by atoms with Gasteiger partial charge in [-0.1, -0.05) is 43.7 Å². The lowest BCUT2D eigenvalue weighted by molar-refractivity contribution is 0.0954. The average Bonchev–Trinajstić information content (AvgIpc) is 3.33. The summed E-state index contributed by atoms with van der Waals surface area (Å²) >= 11 is 3.28. The Labute approximate surface area is 162 Å². The van der Waals surface area contributed by atoms with Crippen molar-refractivity contribution in [2.45, 2.75) is 39.2 Å². The molecule has 1 atom stereocenters. The molecule has 2 aromatic heterocycles. The zero-order chi connectivity index (χ0) is 17.9. The van der Waals surface area contributed by atoms with Gasteiger partial charge in [0.15, 0.2) is 0 Å². The Morgan fingerprint density at radius 2 is 2.15 bits per heavy atom. The molecule has 1 N–H and O–H groups in total. The number of amides is 1. The van der Waals surface area contributed by atoms with E-state index in [9.17, 15) is 4.79 Å². The van der Waals surface area contributed by atoms with Crippen molar-refractivity contribution in [2.75, 3.05) is 0 Å². The molecule has 1 amide bonds. The number of hydrogen-bond acceptors (Lipinski definition) is 4. The number of thiophene rings is 1. The Bertz CT molecular complexity index is 898. The first-order chi connectivity index (χ1) is 12.7. The molecule has 3 nitrogen and oxygen atoms in total. The van der Waals surface area contributed by atoms with E-state index in [1.807, 2.05) is 23.6 Å². The summed E-state index contributed by atoms with van der Waals surface area (Å²) in [5, 5.41) is 6.04. The number of nitrogens with zero attached hydrogens (tertiary/aromatic N) is 1. The predicted octanol–water partition coefficient (Wildman–Crippen LogP) is 5.32. The number of rotatable bonds is 5. The van der Waals surface area contributed by atoms with Crippen LogP contribution < -0.4 is 5.32 Å². The van der Waals surface area contributed by atoms with Crippen LogP contribution in [0.4, 0.5) is 0 Å². The molecule has 1 aliphatic carbocycles. The van der Waals surface area contributed by atoms with Crippen molar-refractivity contribution in [1.82, 2.24) is 10.3 Å². The van der Waals surface area contributed by atoms with Gasteiger partial charge in [-0.25, -0.2) is 4.98 Å². The van der Waals surface area contributed by atoms with Gasteiger partial charge in [0.05, 0.1) is 17.1 Å². The number of fused-ring (bicyclic) bond motifs is 1. The van der Waals surface area contributed by atoms with Gasteiger partial charge in [-0.15, -0.1) is 22.7 Å². The lowest BCUT2D eigenvalue weighted by atomic mass is 9.87. The van der Waals surface area contributed by atoms with Gasteiger partial charge in [-0.05, 0) is 36.8 Å². The molecule has 4 rings (SSSR count). The topological polar surface area (TPSA) is 42.0 Å². The molecule has 0 saturated heterocycles. The van der Waals surface area contributed by atoms with Crippen molar-refractivity contribution in [3.05, 3.63) is 62.8 Å². The molecule has 1 aromatic carbocycles. The minimum absolute atomic E-state index is 0.0201. The van der Waals surface area contributed by atoms with E-state index in [0.717, 1.165) is 39.9 Å². The van der Waals surface area contributed by atoms with Crippen LogP contribution in [-0.2, 0) is 19.4 Å². The molecule has 3 aromatic rings. The number of benzene rings is 1. The molecular formula is C21H22N2OS2. The molecule has 2 heterocycles. The Morgan fingerprint density at radius 1 is 1.31 bits per heavy atom. The highest BCUT2D eigenvalue weighted by Crippen LogP contribution is 2.33. The highest BCUT2D eigenvalue weighted by molar-refractivity contribution is 7.14. The summed E-state index contributed by atoms with van der Waals surface area (Å²) in [5.74, 6) is 0.797. The summed E-state index contributed by atoms with van der Waals surface area (Å²) in [6.45, 7) is 2.73. The maximum absolute atomic E-state index is 12.5. The Hall–Kier alpha value is -1.98. The van der Waals surface area contributed by atoms with Crippen molar-refractivity contribution in [3.8, 4) is 10.6 Å². The van der Waals surface area contributed by atoms with E-state index in [0.29, 0.717) is 6.54 Å². The quantitative estimate of drug-likeness (QED) is 0.649. The zero-order valence-electron chi connectivity index (χ0n) is 14.8. The van der Waals surface area contributed by atoms with E-state index in [4.69, 9.17) is 0 Å². The molecule has 1 aliphatic rings. The molecule has 0 unspecified atom stereocenters. The van der Waals surface area contributed by atoms with Crippen molar-refractivity contribution >= 4 is 28.6 Å². The summed E-state index contributed by atoms with van der Waals surface area (Å²) in [5.41, 5.74) is 3.42. The Kier molecular flexibility index (Phi) is 5.18. The van der Waals surface area contributed by atoms with Crippen LogP contribution in [0.2, 0.25) is 0 Å². The smallest absolute Gasteiger partial charge is 0.261 e. The van der Waals surface area contributed by atoms with Crippen LogP contribution in [0.25, 0.3) is 10.6 Å². The number of aryl methyl sites for hydroxylation is 1. The third-order valence-corrected chi connectivity index (χ3v) is 7.16. The number of carbonyl (C=O) groups is 1. The summed E-state index contributed by atoms with van der Waals surface area (Å²) < 4.78 is 0. The first-order valence-electron chi connectivity index (χ1n) is 9.12. The van der Waals surface area contributed by atoms with Crippen molar-refractivity contribution in [1.29, 1.82) is 0 Å². The molecule has 0 saturated carbocycles.